The van der Waals surface area contributed by atoms with Gasteiger partial charge in [0.25, 0.3) is 0 Å². The lowest BCUT2D eigenvalue weighted by atomic mass is 9.89. The normalized spacial score (nSPS) is 12.9. The van der Waals surface area contributed by atoms with Gasteiger partial charge in [-0.1, -0.05) is 24.3 Å². The largest absolute Gasteiger partial charge is 0.478 e. The molecule has 0 unspecified atom stereocenters. The molecule has 1 heterocycles. The van der Waals surface area contributed by atoms with Gasteiger partial charge in [-0.2, -0.15) is 0 Å². The second-order valence-electron chi connectivity index (χ2n) is 4.11. The van der Waals surface area contributed by atoms with Crippen molar-refractivity contribution in [1.82, 2.24) is 0 Å². The van der Waals surface area contributed by atoms with Crippen LogP contribution in [0.25, 0.3) is 10.4 Å². The van der Waals surface area contributed by atoms with Crippen LogP contribution in [0, 0.1) is 0 Å². The van der Waals surface area contributed by atoms with Crippen LogP contribution in [0.1, 0.15) is 21.5 Å². The number of benzene rings is 1. The van der Waals surface area contributed by atoms with Crippen LogP contribution in [0.3, 0.4) is 0 Å². The Morgan fingerprint density at radius 1 is 1.29 bits per heavy atom. The minimum absolute atomic E-state index is 0.305. The van der Waals surface area contributed by atoms with E-state index in [2.05, 4.69) is 6.07 Å². The number of carbonyl (C=O) groups is 1. The molecule has 0 amide bonds. The first kappa shape index (κ1) is 10.4. The molecule has 0 saturated heterocycles. The number of rotatable bonds is 1. The average Bonchev–Trinajstić information content (AvgIpc) is 2.65. The van der Waals surface area contributed by atoms with Gasteiger partial charge >= 0.3 is 5.97 Å². The highest BCUT2D eigenvalue weighted by molar-refractivity contribution is 7.20. The van der Waals surface area contributed by atoms with Crippen molar-refractivity contribution in [1.29, 1.82) is 0 Å². The zero-order valence-electron chi connectivity index (χ0n) is 9.06. The Balaban J connectivity index is 2.28. The molecule has 0 radical (unpaired) electrons. The zero-order valence-corrected chi connectivity index (χ0v) is 9.88. The summed E-state index contributed by atoms with van der Waals surface area (Å²) >= 11 is 1.38. The molecule has 0 atom stereocenters. The molecule has 1 aromatic carbocycles. The molecule has 1 aliphatic carbocycles. The maximum absolute atomic E-state index is 11.2. The van der Waals surface area contributed by atoms with Gasteiger partial charge in [0.2, 0.25) is 0 Å². The van der Waals surface area contributed by atoms with Gasteiger partial charge in [0.05, 0.1) is 5.56 Å². The molecule has 4 heteroatoms. The van der Waals surface area contributed by atoms with Gasteiger partial charge in [-0.3, -0.25) is 0 Å². The Labute approximate surface area is 103 Å². The summed E-state index contributed by atoms with van der Waals surface area (Å²) < 4.78 is 0. The van der Waals surface area contributed by atoms with Crippen molar-refractivity contribution >= 4 is 22.3 Å². The Morgan fingerprint density at radius 3 is 2.82 bits per heavy atom. The number of carboxylic acid groups (broad SMARTS) is 1. The molecule has 86 valence electrons. The highest BCUT2D eigenvalue weighted by Gasteiger charge is 2.26. The summed E-state index contributed by atoms with van der Waals surface area (Å²) in [5.41, 5.74) is 9.44. The molecule has 0 fully saturated rings. The van der Waals surface area contributed by atoms with Crippen LogP contribution in [0.4, 0.5) is 5.00 Å². The van der Waals surface area contributed by atoms with Gasteiger partial charge in [-0.25, -0.2) is 4.79 Å². The van der Waals surface area contributed by atoms with Crippen molar-refractivity contribution in [2.75, 3.05) is 5.73 Å². The molecule has 17 heavy (non-hydrogen) atoms. The highest BCUT2D eigenvalue weighted by atomic mass is 32.1. The van der Waals surface area contributed by atoms with Gasteiger partial charge in [0, 0.05) is 4.88 Å². The van der Waals surface area contributed by atoms with E-state index >= 15 is 0 Å². The minimum atomic E-state index is -0.917. The molecule has 0 aliphatic heterocycles. The van der Waals surface area contributed by atoms with Gasteiger partial charge in [0.15, 0.2) is 0 Å². The number of anilines is 1. The van der Waals surface area contributed by atoms with E-state index in [4.69, 9.17) is 5.73 Å². The SMILES string of the molecule is Nc1sc2c(c1C(=O)O)CCc1ccccc1-2. The number of aryl methyl sites for hydroxylation is 1. The van der Waals surface area contributed by atoms with Crippen molar-refractivity contribution in [3.63, 3.8) is 0 Å². The smallest absolute Gasteiger partial charge is 0.338 e. The summed E-state index contributed by atoms with van der Waals surface area (Å²) in [5, 5.41) is 9.60. The topological polar surface area (TPSA) is 63.3 Å². The predicted octanol–water partition coefficient (Wildman–Crippen LogP) is 2.79. The molecular weight excluding hydrogens is 234 g/mol. The second kappa shape index (κ2) is 3.60. The molecule has 3 N–H and O–H groups in total. The van der Waals surface area contributed by atoms with Crippen molar-refractivity contribution < 1.29 is 9.90 Å². The van der Waals surface area contributed by atoms with Crippen LogP contribution in [-0.4, -0.2) is 11.1 Å². The first-order valence-corrected chi connectivity index (χ1v) is 6.23. The van der Waals surface area contributed by atoms with Crippen LogP contribution in [0.5, 0.6) is 0 Å². The molecule has 0 saturated carbocycles. The van der Waals surface area contributed by atoms with E-state index < -0.39 is 5.97 Å². The first-order chi connectivity index (χ1) is 8.18. The molecular formula is C13H11NO2S. The quantitative estimate of drug-likeness (QED) is 0.812. The molecule has 1 aliphatic rings. The van der Waals surface area contributed by atoms with E-state index in [1.54, 1.807) is 0 Å². The van der Waals surface area contributed by atoms with Crippen LogP contribution >= 0.6 is 11.3 Å². The molecule has 0 spiro atoms. The summed E-state index contributed by atoms with van der Waals surface area (Å²) in [5.74, 6) is -0.917. The zero-order chi connectivity index (χ0) is 12.0. The minimum Gasteiger partial charge on any atom is -0.478 e. The lowest BCUT2D eigenvalue weighted by Gasteiger charge is -2.16. The van der Waals surface area contributed by atoms with Gasteiger partial charge in [0.1, 0.15) is 5.00 Å². The lowest BCUT2D eigenvalue weighted by Crippen LogP contribution is -2.07. The Morgan fingerprint density at radius 2 is 2.06 bits per heavy atom. The Bertz CT molecular complexity index is 616. The van der Waals surface area contributed by atoms with Gasteiger partial charge in [-0.15, -0.1) is 11.3 Å². The van der Waals surface area contributed by atoms with Crippen molar-refractivity contribution in [3.8, 4) is 10.4 Å². The van der Waals surface area contributed by atoms with Crippen molar-refractivity contribution in [2.45, 2.75) is 12.8 Å². The van der Waals surface area contributed by atoms with E-state index in [-0.39, 0.29) is 0 Å². The van der Waals surface area contributed by atoms with E-state index in [1.807, 2.05) is 18.2 Å². The van der Waals surface area contributed by atoms with E-state index in [9.17, 15) is 9.90 Å². The van der Waals surface area contributed by atoms with Gasteiger partial charge in [-0.05, 0) is 29.5 Å². The summed E-state index contributed by atoms with van der Waals surface area (Å²) in [7, 11) is 0. The van der Waals surface area contributed by atoms with Crippen molar-refractivity contribution in [3.05, 3.63) is 41.0 Å². The summed E-state index contributed by atoms with van der Waals surface area (Å²) in [4.78, 5) is 12.2. The number of nitrogen functional groups attached to an aromatic ring is 1. The van der Waals surface area contributed by atoms with Crippen LogP contribution in [0.15, 0.2) is 24.3 Å². The van der Waals surface area contributed by atoms with Crippen LogP contribution < -0.4 is 5.73 Å². The molecule has 3 rings (SSSR count). The third-order valence-corrected chi connectivity index (χ3v) is 4.25. The van der Waals surface area contributed by atoms with E-state index in [0.29, 0.717) is 10.6 Å². The standard InChI is InChI=1S/C13H11NO2S/c14-12-10(13(15)16)9-6-5-7-3-1-2-4-8(7)11(9)17-12/h1-4H,5-6,14H2,(H,15,16). The maximum atomic E-state index is 11.2. The summed E-state index contributed by atoms with van der Waals surface area (Å²) in [6, 6.07) is 8.12. The van der Waals surface area contributed by atoms with E-state index in [0.717, 1.165) is 28.8 Å². The van der Waals surface area contributed by atoms with Crippen LogP contribution in [-0.2, 0) is 12.8 Å². The Kier molecular flexibility index (Phi) is 2.19. The third-order valence-electron chi connectivity index (χ3n) is 3.15. The molecule has 1 aromatic heterocycles. The number of fused-ring (bicyclic) bond motifs is 3. The fourth-order valence-electron chi connectivity index (χ4n) is 2.39. The fourth-order valence-corrected chi connectivity index (χ4v) is 3.56. The van der Waals surface area contributed by atoms with Crippen molar-refractivity contribution in [2.24, 2.45) is 0 Å². The highest BCUT2D eigenvalue weighted by Crippen LogP contribution is 2.43. The fraction of sp³-hybridized carbons (Fsp3) is 0.154. The van der Waals surface area contributed by atoms with E-state index in [1.165, 1.54) is 16.9 Å². The second-order valence-corrected chi connectivity index (χ2v) is 5.16. The lowest BCUT2D eigenvalue weighted by molar-refractivity contribution is 0.0697. The number of thiophene rings is 1. The maximum Gasteiger partial charge on any atom is 0.338 e. The number of aromatic carboxylic acids is 1. The number of hydrogen-bond acceptors (Lipinski definition) is 3. The first-order valence-electron chi connectivity index (χ1n) is 5.41. The number of nitrogens with two attached hydrogens (primary N) is 1. The Hall–Kier alpha value is -1.81. The number of hydrogen-bond donors (Lipinski definition) is 2. The van der Waals surface area contributed by atoms with Gasteiger partial charge < -0.3 is 10.8 Å². The summed E-state index contributed by atoms with van der Waals surface area (Å²) in [6.07, 6.45) is 1.65. The van der Waals surface area contributed by atoms with Crippen LogP contribution in [0.2, 0.25) is 0 Å². The molecule has 3 nitrogen and oxygen atoms in total. The monoisotopic (exact) mass is 245 g/mol. The third kappa shape index (κ3) is 1.45. The molecule has 2 aromatic rings. The average molecular weight is 245 g/mol. The predicted molar refractivity (Wildman–Crippen MR) is 68.5 cm³/mol. The molecule has 0 bridgehead atoms. The number of carboxylic acids is 1. The summed E-state index contributed by atoms with van der Waals surface area (Å²) in [6.45, 7) is 0.